The minimum Gasteiger partial charge on any atom is -0.493 e. The number of nitrogens with one attached hydrogen (secondary N) is 3. The summed E-state index contributed by atoms with van der Waals surface area (Å²) in [6, 6.07) is 8.05. The number of fused-ring (bicyclic) bond motifs is 2. The highest BCUT2D eigenvalue weighted by Crippen LogP contribution is 2.41. The van der Waals surface area contributed by atoms with Crippen LogP contribution in [-0.4, -0.2) is 48.6 Å². The van der Waals surface area contributed by atoms with Gasteiger partial charge in [0.1, 0.15) is 17.6 Å². The lowest BCUT2D eigenvalue weighted by Crippen LogP contribution is -2.50. The highest BCUT2D eigenvalue weighted by atomic mass is 16.5. The van der Waals surface area contributed by atoms with Gasteiger partial charge < -0.3 is 29.8 Å². The van der Waals surface area contributed by atoms with Crippen LogP contribution < -0.4 is 20.7 Å². The number of nitrogens with zero attached hydrogens (tertiary/aromatic N) is 1. The van der Waals surface area contributed by atoms with Crippen LogP contribution in [0.15, 0.2) is 58.3 Å². The van der Waals surface area contributed by atoms with Crippen molar-refractivity contribution in [2.75, 3.05) is 19.8 Å². The standard InChI is InChI=1S/C23H22N4O7/c1-2-32-19(28)17-14(24-21(30)25-18(17)16-8-5-10-33-16)12-27-20(29)23(26-22(27)31)9-11-34-15-7-4-3-6-13(15)23/h3-8,10,18H,2,9,11-12H2,1H3,(H,26,31)(H2,24,25,30). The molecular formula is C23H22N4O7. The second-order valence-electron chi connectivity index (χ2n) is 7.98. The second-order valence-corrected chi connectivity index (χ2v) is 7.98. The number of urea groups is 2. The molecule has 2 aromatic rings. The Morgan fingerprint density at radius 2 is 2.03 bits per heavy atom. The molecule has 0 aliphatic carbocycles. The van der Waals surface area contributed by atoms with Crippen molar-refractivity contribution in [3.8, 4) is 5.75 Å². The molecule has 4 heterocycles. The molecule has 11 nitrogen and oxygen atoms in total. The van der Waals surface area contributed by atoms with Gasteiger partial charge in [-0.15, -0.1) is 0 Å². The Hall–Kier alpha value is -4.28. The molecule has 1 fully saturated rings. The topological polar surface area (TPSA) is 139 Å². The van der Waals surface area contributed by atoms with Crippen molar-refractivity contribution in [2.45, 2.75) is 24.9 Å². The molecule has 11 heteroatoms. The number of hydrogen-bond acceptors (Lipinski definition) is 7. The molecule has 1 aromatic carbocycles. The number of hydrogen-bond donors (Lipinski definition) is 3. The van der Waals surface area contributed by atoms with Gasteiger partial charge in [0, 0.05) is 12.0 Å². The summed E-state index contributed by atoms with van der Waals surface area (Å²) in [6.45, 7) is 1.65. The third kappa shape index (κ3) is 3.36. The van der Waals surface area contributed by atoms with Gasteiger partial charge in [0.25, 0.3) is 5.91 Å². The molecule has 0 saturated carbocycles. The summed E-state index contributed by atoms with van der Waals surface area (Å²) in [5.74, 6) is -0.373. The molecule has 1 spiro atoms. The highest BCUT2D eigenvalue weighted by Gasteiger charge is 2.55. The van der Waals surface area contributed by atoms with E-state index < -0.39 is 35.5 Å². The largest absolute Gasteiger partial charge is 0.493 e. The van der Waals surface area contributed by atoms with Gasteiger partial charge in [-0.05, 0) is 25.1 Å². The summed E-state index contributed by atoms with van der Waals surface area (Å²) in [7, 11) is 0. The molecule has 1 saturated heterocycles. The maximum Gasteiger partial charge on any atom is 0.338 e. The third-order valence-electron chi connectivity index (χ3n) is 6.05. The molecule has 0 bridgehead atoms. The molecule has 2 unspecified atom stereocenters. The van der Waals surface area contributed by atoms with Crippen LogP contribution in [0.2, 0.25) is 0 Å². The summed E-state index contributed by atoms with van der Waals surface area (Å²) in [5, 5.41) is 8.00. The predicted molar refractivity (Wildman–Crippen MR) is 115 cm³/mol. The van der Waals surface area contributed by atoms with E-state index in [-0.39, 0.29) is 37.4 Å². The van der Waals surface area contributed by atoms with Crippen LogP contribution in [0.3, 0.4) is 0 Å². The van der Waals surface area contributed by atoms with Gasteiger partial charge in [0.15, 0.2) is 5.54 Å². The molecule has 2 atom stereocenters. The van der Waals surface area contributed by atoms with E-state index in [1.807, 2.05) is 0 Å². The van der Waals surface area contributed by atoms with Crippen molar-refractivity contribution in [3.63, 3.8) is 0 Å². The zero-order valence-corrected chi connectivity index (χ0v) is 18.3. The molecule has 3 N–H and O–H groups in total. The van der Waals surface area contributed by atoms with Crippen LogP contribution in [-0.2, 0) is 19.9 Å². The lowest BCUT2D eigenvalue weighted by atomic mass is 9.84. The first-order valence-electron chi connectivity index (χ1n) is 10.8. The minimum atomic E-state index is -1.28. The molecule has 34 heavy (non-hydrogen) atoms. The monoisotopic (exact) mass is 466 g/mol. The van der Waals surface area contributed by atoms with Crippen LogP contribution in [0, 0.1) is 0 Å². The fourth-order valence-electron chi connectivity index (χ4n) is 4.54. The Bertz CT molecular complexity index is 1210. The van der Waals surface area contributed by atoms with Gasteiger partial charge in [-0.25, -0.2) is 14.4 Å². The maximum atomic E-state index is 13.6. The maximum absolute atomic E-state index is 13.6. The molecule has 0 radical (unpaired) electrons. The fraction of sp³-hybridized carbons (Fsp3) is 0.304. The average molecular weight is 466 g/mol. The van der Waals surface area contributed by atoms with Crippen molar-refractivity contribution in [3.05, 3.63) is 65.3 Å². The van der Waals surface area contributed by atoms with Gasteiger partial charge in [-0.1, -0.05) is 18.2 Å². The van der Waals surface area contributed by atoms with E-state index in [4.69, 9.17) is 13.9 Å². The number of amides is 5. The van der Waals surface area contributed by atoms with E-state index in [1.54, 1.807) is 43.3 Å². The molecule has 1 aromatic heterocycles. The number of carbonyl (C=O) groups excluding carboxylic acids is 4. The average Bonchev–Trinajstić information content (AvgIpc) is 3.43. The zero-order valence-electron chi connectivity index (χ0n) is 18.3. The summed E-state index contributed by atoms with van der Waals surface area (Å²) >= 11 is 0. The van der Waals surface area contributed by atoms with Crippen molar-refractivity contribution < 1.29 is 33.1 Å². The Labute approximate surface area is 194 Å². The van der Waals surface area contributed by atoms with E-state index in [2.05, 4.69) is 16.0 Å². The van der Waals surface area contributed by atoms with Gasteiger partial charge >= 0.3 is 18.0 Å². The first-order chi connectivity index (χ1) is 16.4. The molecule has 3 aliphatic rings. The number of ether oxygens (including phenoxy) is 2. The number of rotatable bonds is 5. The summed E-state index contributed by atoms with van der Waals surface area (Å²) in [5.41, 5.74) is -0.604. The quantitative estimate of drug-likeness (QED) is 0.450. The van der Waals surface area contributed by atoms with Gasteiger partial charge in [-0.3, -0.25) is 9.69 Å². The molecule has 5 amide bonds. The minimum absolute atomic E-state index is 0.0466. The highest BCUT2D eigenvalue weighted by molar-refractivity contribution is 6.08. The second kappa shape index (κ2) is 8.25. The predicted octanol–water partition coefficient (Wildman–Crippen LogP) is 1.68. The van der Waals surface area contributed by atoms with Crippen molar-refractivity contribution in [1.82, 2.24) is 20.9 Å². The summed E-state index contributed by atoms with van der Waals surface area (Å²) in [4.78, 5) is 52.9. The summed E-state index contributed by atoms with van der Waals surface area (Å²) in [6.07, 6.45) is 1.66. The van der Waals surface area contributed by atoms with Crippen LogP contribution >= 0.6 is 0 Å². The number of benzene rings is 1. The number of carbonyl (C=O) groups is 4. The molecular weight excluding hydrogens is 444 g/mol. The number of para-hydroxylation sites is 1. The van der Waals surface area contributed by atoms with Gasteiger partial charge in [-0.2, -0.15) is 0 Å². The van der Waals surface area contributed by atoms with E-state index >= 15 is 0 Å². The van der Waals surface area contributed by atoms with Crippen LogP contribution in [0.5, 0.6) is 5.75 Å². The smallest absolute Gasteiger partial charge is 0.338 e. The number of esters is 1. The van der Waals surface area contributed by atoms with E-state index in [0.717, 1.165) is 4.90 Å². The number of imide groups is 1. The van der Waals surface area contributed by atoms with Crippen LogP contribution in [0.25, 0.3) is 0 Å². The first-order valence-corrected chi connectivity index (χ1v) is 10.8. The Kier molecular flexibility index (Phi) is 5.23. The van der Waals surface area contributed by atoms with Gasteiger partial charge in [0.05, 0.1) is 37.3 Å². The van der Waals surface area contributed by atoms with Crippen molar-refractivity contribution in [2.24, 2.45) is 0 Å². The van der Waals surface area contributed by atoms with Crippen molar-refractivity contribution in [1.29, 1.82) is 0 Å². The van der Waals surface area contributed by atoms with Gasteiger partial charge in [0.2, 0.25) is 0 Å². The third-order valence-corrected chi connectivity index (χ3v) is 6.05. The van der Waals surface area contributed by atoms with Crippen LogP contribution in [0.1, 0.15) is 30.7 Å². The Morgan fingerprint density at radius 3 is 2.79 bits per heavy atom. The Morgan fingerprint density at radius 1 is 1.21 bits per heavy atom. The van der Waals surface area contributed by atoms with E-state index in [9.17, 15) is 19.2 Å². The molecule has 3 aliphatic heterocycles. The summed E-state index contributed by atoms with van der Waals surface area (Å²) < 4.78 is 16.3. The number of furan rings is 1. The van der Waals surface area contributed by atoms with Crippen LogP contribution in [0.4, 0.5) is 9.59 Å². The fourth-order valence-corrected chi connectivity index (χ4v) is 4.54. The van der Waals surface area contributed by atoms with Crippen molar-refractivity contribution >= 4 is 23.9 Å². The lowest BCUT2D eigenvalue weighted by molar-refractivity contribution is -0.139. The molecule has 176 valence electrons. The SMILES string of the molecule is CCOC(=O)C1=C(CN2C(=O)NC3(CCOc4ccccc43)C2=O)NC(=O)NC1c1ccco1. The van der Waals surface area contributed by atoms with E-state index in [1.165, 1.54) is 6.26 Å². The van der Waals surface area contributed by atoms with E-state index in [0.29, 0.717) is 17.1 Å². The zero-order chi connectivity index (χ0) is 23.9. The molecule has 5 rings (SSSR count). The first kappa shape index (κ1) is 21.6. The normalized spacial score (nSPS) is 23.7. The Balaban J connectivity index is 1.53. The lowest BCUT2D eigenvalue weighted by Gasteiger charge is -2.33.